The Morgan fingerprint density at radius 3 is 2.53 bits per heavy atom. The molecule has 1 aromatic heterocycles. The fourth-order valence-corrected chi connectivity index (χ4v) is 4.21. The van der Waals surface area contributed by atoms with E-state index in [-0.39, 0.29) is 11.2 Å². The predicted octanol–water partition coefficient (Wildman–Crippen LogP) is 4.87. The number of hydrogen-bond acceptors (Lipinski definition) is 0. The third-order valence-corrected chi connectivity index (χ3v) is 4.40. The molecule has 0 aliphatic heterocycles. The maximum atomic E-state index is 13.7. The molecule has 2 heteroatoms. The minimum absolute atomic E-state index is 0.0928. The minimum atomic E-state index is -0.132. The first-order valence-electron chi connectivity index (χ1n) is 7.01. The minimum Gasteiger partial charge on any atom is -0.358 e. The number of hydrogen-bond donors (Lipinski definition) is 1. The Morgan fingerprint density at radius 2 is 1.84 bits per heavy atom. The highest BCUT2D eigenvalue weighted by Gasteiger charge is 2.39. The molecular formula is C17H22FN. The number of nitrogens with one attached hydrogen (secondary N) is 1. The number of rotatable bonds is 0. The number of fused-ring (bicyclic) bond motifs is 3. The molecule has 2 aromatic rings. The van der Waals surface area contributed by atoms with E-state index in [1.807, 2.05) is 6.92 Å². The van der Waals surface area contributed by atoms with Crippen LogP contribution in [0.3, 0.4) is 0 Å². The van der Waals surface area contributed by atoms with Gasteiger partial charge in [0.2, 0.25) is 0 Å². The van der Waals surface area contributed by atoms with Crippen LogP contribution in [0.5, 0.6) is 0 Å². The second-order valence-electron chi connectivity index (χ2n) is 7.53. The average Bonchev–Trinajstić information content (AvgIpc) is 2.53. The maximum absolute atomic E-state index is 13.7. The Bertz CT molecular complexity index is 661. The Labute approximate surface area is 114 Å². The fourth-order valence-electron chi connectivity index (χ4n) is 4.21. The van der Waals surface area contributed by atoms with E-state index in [1.54, 1.807) is 12.1 Å². The maximum Gasteiger partial charge on any atom is 0.124 e. The number of aromatic amines is 1. The monoisotopic (exact) mass is 259 g/mol. The molecule has 1 heterocycles. The molecule has 0 unspecified atom stereocenters. The van der Waals surface area contributed by atoms with Crippen molar-refractivity contribution in [3.63, 3.8) is 0 Å². The molecule has 0 atom stereocenters. The predicted molar refractivity (Wildman–Crippen MR) is 78.1 cm³/mol. The number of aryl methyl sites for hydroxylation is 1. The van der Waals surface area contributed by atoms with E-state index in [0.717, 1.165) is 29.3 Å². The summed E-state index contributed by atoms with van der Waals surface area (Å²) in [7, 11) is 0. The van der Waals surface area contributed by atoms with Gasteiger partial charge in [-0.05, 0) is 53.9 Å². The Kier molecular flexibility index (Phi) is 2.42. The van der Waals surface area contributed by atoms with E-state index in [2.05, 4.69) is 32.7 Å². The summed E-state index contributed by atoms with van der Waals surface area (Å²) in [6.45, 7) is 11.2. The van der Waals surface area contributed by atoms with Gasteiger partial charge in [-0.3, -0.25) is 0 Å². The van der Waals surface area contributed by atoms with Gasteiger partial charge in [0.1, 0.15) is 5.82 Å². The van der Waals surface area contributed by atoms with Gasteiger partial charge in [0.15, 0.2) is 0 Å². The number of aromatic nitrogens is 1. The topological polar surface area (TPSA) is 15.8 Å². The summed E-state index contributed by atoms with van der Waals surface area (Å²) >= 11 is 0. The van der Waals surface area contributed by atoms with Crippen LogP contribution in [-0.2, 0) is 11.8 Å². The number of halogens is 1. The second-order valence-corrected chi connectivity index (χ2v) is 7.53. The molecule has 0 bridgehead atoms. The molecule has 0 amide bonds. The van der Waals surface area contributed by atoms with Crippen molar-refractivity contribution < 1.29 is 4.39 Å². The van der Waals surface area contributed by atoms with Crippen LogP contribution in [0.15, 0.2) is 12.1 Å². The van der Waals surface area contributed by atoms with Gasteiger partial charge in [-0.15, -0.1) is 0 Å². The van der Waals surface area contributed by atoms with E-state index in [4.69, 9.17) is 0 Å². The normalized spacial score (nSPS) is 20.5. The zero-order valence-electron chi connectivity index (χ0n) is 12.4. The Morgan fingerprint density at radius 1 is 1.16 bits per heavy atom. The van der Waals surface area contributed by atoms with E-state index in [0.29, 0.717) is 5.41 Å². The largest absolute Gasteiger partial charge is 0.358 e. The van der Waals surface area contributed by atoms with E-state index in [1.165, 1.54) is 11.3 Å². The summed E-state index contributed by atoms with van der Waals surface area (Å²) in [5.74, 6) is -0.132. The van der Waals surface area contributed by atoms with Crippen LogP contribution >= 0.6 is 0 Å². The van der Waals surface area contributed by atoms with Crippen LogP contribution in [0.25, 0.3) is 10.9 Å². The molecule has 1 aliphatic carbocycles. The second kappa shape index (κ2) is 3.62. The van der Waals surface area contributed by atoms with Crippen LogP contribution in [0.4, 0.5) is 4.39 Å². The summed E-state index contributed by atoms with van der Waals surface area (Å²) < 4.78 is 13.7. The zero-order chi connectivity index (χ0) is 14.0. The lowest BCUT2D eigenvalue weighted by atomic mass is 9.64. The molecule has 102 valence electrons. The van der Waals surface area contributed by atoms with Crippen molar-refractivity contribution in [2.24, 2.45) is 5.41 Å². The van der Waals surface area contributed by atoms with Crippen LogP contribution < -0.4 is 0 Å². The third kappa shape index (κ3) is 1.89. The molecule has 1 nitrogen and oxygen atoms in total. The SMILES string of the molecule is Cc1cc(F)cc2c3c([nH]c12)CC(C)(C)CC3(C)C. The first-order chi connectivity index (χ1) is 8.70. The zero-order valence-corrected chi connectivity index (χ0v) is 12.4. The molecule has 19 heavy (non-hydrogen) atoms. The molecule has 0 radical (unpaired) electrons. The van der Waals surface area contributed by atoms with Gasteiger partial charge in [-0.25, -0.2) is 4.39 Å². The van der Waals surface area contributed by atoms with Gasteiger partial charge < -0.3 is 4.98 Å². The van der Waals surface area contributed by atoms with Crippen molar-refractivity contribution in [3.05, 3.63) is 34.8 Å². The van der Waals surface area contributed by atoms with Gasteiger partial charge in [-0.2, -0.15) is 0 Å². The van der Waals surface area contributed by atoms with Gasteiger partial charge in [-0.1, -0.05) is 27.7 Å². The summed E-state index contributed by atoms with van der Waals surface area (Å²) in [6.07, 6.45) is 2.18. The molecule has 0 spiro atoms. The van der Waals surface area contributed by atoms with Gasteiger partial charge in [0.05, 0.1) is 0 Å². The van der Waals surface area contributed by atoms with Crippen LogP contribution in [0.1, 0.15) is 50.9 Å². The van der Waals surface area contributed by atoms with Crippen LogP contribution in [0.2, 0.25) is 0 Å². The smallest absolute Gasteiger partial charge is 0.124 e. The molecule has 1 N–H and O–H groups in total. The summed E-state index contributed by atoms with van der Waals surface area (Å²) in [4.78, 5) is 3.56. The third-order valence-electron chi connectivity index (χ3n) is 4.40. The highest BCUT2D eigenvalue weighted by atomic mass is 19.1. The molecule has 1 aliphatic rings. The molecule has 0 saturated carbocycles. The van der Waals surface area contributed by atoms with Crippen LogP contribution in [0, 0.1) is 18.2 Å². The summed E-state index contributed by atoms with van der Waals surface area (Å²) in [5, 5.41) is 1.08. The summed E-state index contributed by atoms with van der Waals surface area (Å²) in [5.41, 5.74) is 5.11. The molecule has 1 aromatic carbocycles. The highest BCUT2D eigenvalue weighted by molar-refractivity contribution is 5.88. The molecule has 0 fully saturated rings. The first-order valence-corrected chi connectivity index (χ1v) is 7.01. The quantitative estimate of drug-likeness (QED) is 0.695. The van der Waals surface area contributed by atoms with Crippen molar-refractivity contribution in [1.29, 1.82) is 0 Å². The lowest BCUT2D eigenvalue weighted by molar-refractivity contribution is 0.231. The van der Waals surface area contributed by atoms with Gasteiger partial charge >= 0.3 is 0 Å². The molecular weight excluding hydrogens is 237 g/mol. The Balaban J connectivity index is 2.36. The van der Waals surface area contributed by atoms with Gasteiger partial charge in [0.25, 0.3) is 0 Å². The van der Waals surface area contributed by atoms with Crippen molar-refractivity contribution in [2.45, 2.75) is 52.9 Å². The van der Waals surface area contributed by atoms with E-state index >= 15 is 0 Å². The standard InChI is InChI=1S/C17H22FN/c1-10-6-11(18)7-12-14-13(19-15(10)12)8-16(2,3)9-17(14,4)5/h6-7,19H,8-9H2,1-5H3. The number of benzene rings is 1. The van der Waals surface area contributed by atoms with Crippen molar-refractivity contribution in [1.82, 2.24) is 4.98 Å². The highest BCUT2D eigenvalue weighted by Crippen LogP contribution is 2.48. The fraction of sp³-hybridized carbons (Fsp3) is 0.529. The summed E-state index contributed by atoms with van der Waals surface area (Å²) in [6, 6.07) is 3.31. The van der Waals surface area contributed by atoms with Crippen molar-refractivity contribution in [3.8, 4) is 0 Å². The first kappa shape index (κ1) is 12.7. The lowest BCUT2D eigenvalue weighted by Gasteiger charge is -2.40. The molecule has 3 rings (SSSR count). The Hall–Kier alpha value is -1.31. The van der Waals surface area contributed by atoms with Crippen molar-refractivity contribution in [2.75, 3.05) is 0 Å². The number of H-pyrrole nitrogens is 1. The van der Waals surface area contributed by atoms with Crippen LogP contribution in [-0.4, -0.2) is 4.98 Å². The van der Waals surface area contributed by atoms with Crippen molar-refractivity contribution >= 4 is 10.9 Å². The lowest BCUT2D eigenvalue weighted by Crippen LogP contribution is -2.34. The van der Waals surface area contributed by atoms with E-state index < -0.39 is 0 Å². The average molecular weight is 259 g/mol. The van der Waals surface area contributed by atoms with Gasteiger partial charge in [0, 0.05) is 16.6 Å². The van der Waals surface area contributed by atoms with E-state index in [9.17, 15) is 4.39 Å². The molecule has 0 saturated heterocycles.